The van der Waals surface area contributed by atoms with Gasteiger partial charge < -0.3 is 19.7 Å². The zero-order valence-electron chi connectivity index (χ0n) is 13.7. The molecule has 0 bridgehead atoms. The van der Waals surface area contributed by atoms with Crippen LogP contribution in [0.3, 0.4) is 0 Å². The molecule has 0 saturated carbocycles. The van der Waals surface area contributed by atoms with Crippen LogP contribution in [0.15, 0.2) is 24.3 Å². The summed E-state index contributed by atoms with van der Waals surface area (Å²) in [5, 5.41) is 3.83. The van der Waals surface area contributed by atoms with Crippen LogP contribution < -0.4 is 10.1 Å². The molecule has 0 aromatic heterocycles. The molecule has 1 atom stereocenters. The minimum atomic E-state index is -0.325. The third-order valence-electron chi connectivity index (χ3n) is 4.39. The largest absolute Gasteiger partial charge is 0.491 e. The van der Waals surface area contributed by atoms with Gasteiger partial charge in [0.1, 0.15) is 18.5 Å². The van der Waals surface area contributed by atoms with Gasteiger partial charge in [0, 0.05) is 45.8 Å². The van der Waals surface area contributed by atoms with Gasteiger partial charge in [0.2, 0.25) is 0 Å². The van der Waals surface area contributed by atoms with E-state index in [-0.39, 0.29) is 12.0 Å². The minimum absolute atomic E-state index is 0.106. The Balaban J connectivity index is 1.37. The van der Waals surface area contributed by atoms with Crippen molar-refractivity contribution < 1.29 is 14.3 Å². The molecule has 24 heavy (non-hydrogen) atoms. The van der Waals surface area contributed by atoms with Gasteiger partial charge in [0.25, 0.3) is 5.91 Å². The van der Waals surface area contributed by atoms with Crippen molar-refractivity contribution in [1.82, 2.24) is 15.1 Å². The maximum atomic E-state index is 12.4. The highest BCUT2D eigenvalue weighted by molar-refractivity contribution is 6.32. The molecule has 2 fully saturated rings. The van der Waals surface area contributed by atoms with Crippen LogP contribution in [-0.4, -0.2) is 80.8 Å². The Morgan fingerprint density at radius 2 is 2.08 bits per heavy atom. The minimum Gasteiger partial charge on any atom is -0.491 e. The highest BCUT2D eigenvalue weighted by Gasteiger charge is 2.29. The van der Waals surface area contributed by atoms with Crippen LogP contribution in [0.5, 0.6) is 5.75 Å². The maximum absolute atomic E-state index is 12.4. The van der Waals surface area contributed by atoms with E-state index in [1.165, 1.54) is 0 Å². The monoisotopic (exact) mass is 353 g/mol. The average molecular weight is 354 g/mol. The van der Waals surface area contributed by atoms with E-state index in [2.05, 4.69) is 10.2 Å². The van der Waals surface area contributed by atoms with Crippen molar-refractivity contribution in [3.63, 3.8) is 0 Å². The van der Waals surface area contributed by atoms with Crippen LogP contribution in [-0.2, 0) is 9.53 Å². The zero-order chi connectivity index (χ0) is 16.8. The van der Waals surface area contributed by atoms with E-state index in [1.807, 2.05) is 29.2 Å². The normalized spacial score (nSPS) is 22.4. The van der Waals surface area contributed by atoms with Crippen molar-refractivity contribution in [3.05, 3.63) is 29.3 Å². The molecule has 2 aliphatic heterocycles. The number of benzene rings is 1. The smallest absolute Gasteiger partial charge is 0.253 e. The Morgan fingerprint density at radius 1 is 1.29 bits per heavy atom. The predicted octanol–water partition coefficient (Wildman–Crippen LogP) is 0.851. The number of para-hydroxylation sites is 1. The Morgan fingerprint density at radius 3 is 2.79 bits per heavy atom. The van der Waals surface area contributed by atoms with Crippen molar-refractivity contribution in [2.24, 2.45) is 0 Å². The number of carbonyl (C=O) groups is 1. The number of hydrogen-bond acceptors (Lipinski definition) is 5. The van der Waals surface area contributed by atoms with Crippen molar-refractivity contribution in [2.45, 2.75) is 6.10 Å². The lowest BCUT2D eigenvalue weighted by atomic mass is 10.2. The quantitative estimate of drug-likeness (QED) is 0.850. The van der Waals surface area contributed by atoms with Crippen LogP contribution >= 0.6 is 11.6 Å². The van der Waals surface area contributed by atoms with Crippen molar-refractivity contribution >= 4 is 17.5 Å². The summed E-state index contributed by atoms with van der Waals surface area (Å²) < 4.78 is 11.3. The molecule has 2 saturated heterocycles. The molecular weight excluding hydrogens is 330 g/mol. The number of rotatable bonds is 5. The van der Waals surface area contributed by atoms with Gasteiger partial charge >= 0.3 is 0 Å². The Labute approximate surface area is 147 Å². The van der Waals surface area contributed by atoms with Crippen LogP contribution in [0.25, 0.3) is 0 Å². The fourth-order valence-electron chi connectivity index (χ4n) is 2.97. The van der Waals surface area contributed by atoms with Crippen molar-refractivity contribution in [3.8, 4) is 5.75 Å². The zero-order valence-corrected chi connectivity index (χ0v) is 14.5. The van der Waals surface area contributed by atoms with Gasteiger partial charge in [0.05, 0.1) is 11.6 Å². The second kappa shape index (κ2) is 8.67. The summed E-state index contributed by atoms with van der Waals surface area (Å²) in [4.78, 5) is 16.6. The highest BCUT2D eigenvalue weighted by atomic mass is 35.5. The Bertz CT molecular complexity index is 544. The first-order chi connectivity index (χ1) is 11.7. The first kappa shape index (κ1) is 17.5. The lowest BCUT2D eigenvalue weighted by molar-refractivity contribution is -0.147. The molecule has 3 rings (SSSR count). The number of nitrogens with one attached hydrogen (secondary N) is 1. The average Bonchev–Trinajstić information content (AvgIpc) is 2.64. The molecule has 2 aliphatic rings. The Hall–Kier alpha value is -1.34. The van der Waals surface area contributed by atoms with E-state index in [0.717, 1.165) is 45.0 Å². The molecular formula is C17H24ClN3O3. The Kier molecular flexibility index (Phi) is 6.31. The standard InChI is InChI=1S/C17H24ClN3O3/c18-14-3-1-2-4-15(14)24-12-10-20-6-8-21(9-7-20)17(22)16-13-19-5-11-23-16/h1-4,16,19H,5-13H2. The molecule has 132 valence electrons. The van der Waals surface area contributed by atoms with Gasteiger partial charge in [-0.2, -0.15) is 0 Å². The molecule has 1 aromatic rings. The summed E-state index contributed by atoms with van der Waals surface area (Å²) in [5.41, 5.74) is 0. The van der Waals surface area contributed by atoms with E-state index in [0.29, 0.717) is 24.8 Å². The van der Waals surface area contributed by atoms with E-state index < -0.39 is 0 Å². The molecule has 6 nitrogen and oxygen atoms in total. The number of halogens is 1. The number of carbonyl (C=O) groups excluding carboxylic acids is 1. The third-order valence-corrected chi connectivity index (χ3v) is 4.70. The molecule has 0 aliphatic carbocycles. The van der Waals surface area contributed by atoms with Crippen LogP contribution in [0, 0.1) is 0 Å². The molecule has 1 unspecified atom stereocenters. The summed E-state index contributed by atoms with van der Waals surface area (Å²) in [7, 11) is 0. The van der Waals surface area contributed by atoms with Crippen molar-refractivity contribution in [1.29, 1.82) is 0 Å². The number of hydrogen-bond donors (Lipinski definition) is 1. The molecule has 0 spiro atoms. The van der Waals surface area contributed by atoms with Crippen molar-refractivity contribution in [2.75, 3.05) is 59.0 Å². The fraction of sp³-hybridized carbons (Fsp3) is 0.588. The lowest BCUT2D eigenvalue weighted by Crippen LogP contribution is -2.55. The summed E-state index contributed by atoms with van der Waals surface area (Å²) in [6.07, 6.45) is -0.325. The molecule has 1 amide bonds. The first-order valence-electron chi connectivity index (χ1n) is 8.45. The second-order valence-corrected chi connectivity index (χ2v) is 6.42. The van der Waals surface area contributed by atoms with Gasteiger partial charge in [-0.15, -0.1) is 0 Å². The number of nitrogens with zero attached hydrogens (tertiary/aromatic N) is 2. The summed E-state index contributed by atoms with van der Waals surface area (Å²) in [6, 6.07) is 7.49. The summed E-state index contributed by atoms with van der Waals surface area (Å²) >= 11 is 6.07. The van der Waals surface area contributed by atoms with Gasteiger partial charge in [-0.25, -0.2) is 0 Å². The van der Waals surface area contributed by atoms with E-state index in [1.54, 1.807) is 0 Å². The molecule has 1 N–H and O–H groups in total. The molecule has 0 radical (unpaired) electrons. The van der Waals surface area contributed by atoms with Gasteiger partial charge in [-0.3, -0.25) is 9.69 Å². The maximum Gasteiger partial charge on any atom is 0.253 e. The molecule has 1 aromatic carbocycles. The van der Waals surface area contributed by atoms with E-state index in [4.69, 9.17) is 21.1 Å². The fourth-order valence-corrected chi connectivity index (χ4v) is 3.16. The highest BCUT2D eigenvalue weighted by Crippen LogP contribution is 2.22. The number of amides is 1. The molecule has 7 heteroatoms. The van der Waals surface area contributed by atoms with Crippen LogP contribution in [0.1, 0.15) is 0 Å². The number of ether oxygens (including phenoxy) is 2. The van der Waals surface area contributed by atoms with Gasteiger partial charge in [-0.05, 0) is 12.1 Å². The van der Waals surface area contributed by atoms with Gasteiger partial charge in [-0.1, -0.05) is 23.7 Å². The topological polar surface area (TPSA) is 54.0 Å². The first-order valence-corrected chi connectivity index (χ1v) is 8.82. The van der Waals surface area contributed by atoms with Gasteiger partial charge in [0.15, 0.2) is 0 Å². The lowest BCUT2D eigenvalue weighted by Gasteiger charge is -2.37. The van der Waals surface area contributed by atoms with Crippen LogP contribution in [0.2, 0.25) is 5.02 Å². The number of piperazine rings is 1. The predicted molar refractivity (Wildman–Crippen MR) is 92.6 cm³/mol. The second-order valence-electron chi connectivity index (χ2n) is 6.01. The molecule has 2 heterocycles. The summed E-state index contributed by atoms with van der Waals surface area (Å²) in [6.45, 7) is 6.66. The van der Waals surface area contributed by atoms with E-state index in [9.17, 15) is 4.79 Å². The van der Waals surface area contributed by atoms with E-state index >= 15 is 0 Å². The summed E-state index contributed by atoms with van der Waals surface area (Å²) in [5.74, 6) is 0.823. The third kappa shape index (κ3) is 4.60. The number of morpholine rings is 1. The SMILES string of the molecule is O=C(C1CNCCO1)N1CCN(CCOc2ccccc2Cl)CC1. The van der Waals surface area contributed by atoms with Crippen LogP contribution in [0.4, 0.5) is 0 Å².